The molecule has 0 fully saturated rings. The minimum atomic E-state index is -1.55. The molecule has 2 aromatic rings. The number of allylic oxidation sites excluding steroid dienone is 1. The first-order valence-electron chi connectivity index (χ1n) is 10.1. The summed E-state index contributed by atoms with van der Waals surface area (Å²) in [6, 6.07) is 10.2. The summed E-state index contributed by atoms with van der Waals surface area (Å²) in [4.78, 5) is 28.2. The fraction of sp³-hybridized carbons (Fsp3) is 0.333. The monoisotopic (exact) mass is 425 g/mol. The van der Waals surface area contributed by atoms with Crippen LogP contribution in [0.1, 0.15) is 24.5 Å². The molecule has 1 unspecified atom stereocenters. The molecule has 3 rings (SSSR count). The number of nitrogens with zero attached hydrogens (tertiary/aromatic N) is 1. The molecule has 0 saturated carbocycles. The average molecular weight is 425 g/mol. The number of benzene rings is 2. The van der Waals surface area contributed by atoms with Crippen LogP contribution in [0.4, 0.5) is 5.69 Å². The molecule has 1 heterocycles. The number of phenolic OH excluding ortho intramolecular Hbond substituents is 1. The third kappa shape index (κ3) is 3.83. The average Bonchev–Trinajstić information content (AvgIpc) is 3.00. The number of aromatic hydroxyl groups is 1. The van der Waals surface area contributed by atoms with Crippen LogP contribution in [-0.2, 0) is 26.2 Å². The molecule has 0 spiro atoms. The van der Waals surface area contributed by atoms with Crippen molar-refractivity contribution in [1.29, 1.82) is 0 Å². The van der Waals surface area contributed by atoms with Gasteiger partial charge in [0.1, 0.15) is 5.75 Å². The molecule has 2 aromatic carbocycles. The molecular weight excluding hydrogens is 398 g/mol. The Morgan fingerprint density at radius 3 is 2.55 bits per heavy atom. The number of carbonyl (C=O) groups excluding carboxylic acids is 2. The number of anilines is 1. The standard InChI is InChI=1S/C24H27NO6/c1-5-12-24(23(28)31-6-2)18-15-17(26)8-9-19(18)25(22(24)27)13-11-16-7-10-20(29-3)21(14-16)30-4/h5,7-10,14-15,26H,1,6,11-13H2,2-4H3. The highest BCUT2D eigenvalue weighted by Gasteiger charge is 2.56. The van der Waals surface area contributed by atoms with Crippen LogP contribution in [0.15, 0.2) is 49.1 Å². The van der Waals surface area contributed by atoms with Crippen molar-refractivity contribution in [2.75, 3.05) is 32.3 Å². The van der Waals surface area contributed by atoms with E-state index in [1.165, 1.54) is 18.2 Å². The van der Waals surface area contributed by atoms with E-state index in [4.69, 9.17) is 14.2 Å². The van der Waals surface area contributed by atoms with Gasteiger partial charge in [-0.15, -0.1) is 6.58 Å². The molecule has 0 radical (unpaired) electrons. The van der Waals surface area contributed by atoms with E-state index in [0.717, 1.165) is 5.56 Å². The van der Waals surface area contributed by atoms with Crippen LogP contribution in [0.25, 0.3) is 0 Å². The maximum absolute atomic E-state index is 13.6. The molecule has 0 saturated heterocycles. The largest absolute Gasteiger partial charge is 0.508 e. The first kappa shape index (κ1) is 22.2. The number of hydrogen-bond donors (Lipinski definition) is 1. The van der Waals surface area contributed by atoms with Crippen molar-refractivity contribution in [3.63, 3.8) is 0 Å². The predicted molar refractivity (Wildman–Crippen MR) is 117 cm³/mol. The Morgan fingerprint density at radius 1 is 1.16 bits per heavy atom. The Morgan fingerprint density at radius 2 is 1.90 bits per heavy atom. The van der Waals surface area contributed by atoms with Gasteiger partial charge in [-0.3, -0.25) is 9.59 Å². The van der Waals surface area contributed by atoms with E-state index in [2.05, 4.69) is 6.58 Å². The Kier molecular flexibility index (Phi) is 6.53. The van der Waals surface area contributed by atoms with Crippen LogP contribution >= 0.6 is 0 Å². The fourth-order valence-electron chi connectivity index (χ4n) is 4.00. The van der Waals surface area contributed by atoms with Crippen molar-refractivity contribution in [3.05, 3.63) is 60.2 Å². The van der Waals surface area contributed by atoms with Crippen LogP contribution in [0, 0.1) is 0 Å². The lowest BCUT2D eigenvalue weighted by atomic mass is 9.78. The van der Waals surface area contributed by atoms with Crippen LogP contribution in [-0.4, -0.2) is 44.4 Å². The number of hydrogen-bond acceptors (Lipinski definition) is 6. The second-order valence-electron chi connectivity index (χ2n) is 7.22. The van der Waals surface area contributed by atoms with Gasteiger partial charge in [-0.25, -0.2) is 0 Å². The van der Waals surface area contributed by atoms with Gasteiger partial charge >= 0.3 is 5.97 Å². The molecule has 1 amide bonds. The van der Waals surface area contributed by atoms with Gasteiger partial charge in [0.2, 0.25) is 5.91 Å². The minimum absolute atomic E-state index is 0.0222. The quantitative estimate of drug-likeness (QED) is 0.377. The lowest BCUT2D eigenvalue weighted by molar-refractivity contribution is -0.153. The van der Waals surface area contributed by atoms with E-state index in [1.54, 1.807) is 32.1 Å². The lowest BCUT2D eigenvalue weighted by Crippen LogP contribution is -2.47. The zero-order valence-corrected chi connectivity index (χ0v) is 18.0. The molecule has 7 nitrogen and oxygen atoms in total. The van der Waals surface area contributed by atoms with E-state index >= 15 is 0 Å². The Hall–Kier alpha value is -3.48. The topological polar surface area (TPSA) is 85.3 Å². The van der Waals surface area contributed by atoms with E-state index < -0.39 is 11.4 Å². The highest BCUT2D eigenvalue weighted by Crippen LogP contribution is 2.46. The second kappa shape index (κ2) is 9.12. The van der Waals surface area contributed by atoms with E-state index in [9.17, 15) is 14.7 Å². The molecule has 31 heavy (non-hydrogen) atoms. The van der Waals surface area contributed by atoms with Crippen molar-refractivity contribution in [2.24, 2.45) is 0 Å². The maximum atomic E-state index is 13.6. The number of phenols is 1. The number of ether oxygens (including phenoxy) is 3. The number of methoxy groups -OCH3 is 2. The fourth-order valence-corrected chi connectivity index (χ4v) is 4.00. The number of esters is 1. The predicted octanol–water partition coefficient (Wildman–Crippen LogP) is 3.38. The molecule has 1 aliphatic heterocycles. The molecular formula is C24H27NO6. The van der Waals surface area contributed by atoms with Gasteiger partial charge in [0.15, 0.2) is 16.9 Å². The second-order valence-corrected chi connectivity index (χ2v) is 7.22. The van der Waals surface area contributed by atoms with Crippen molar-refractivity contribution >= 4 is 17.6 Å². The first-order valence-corrected chi connectivity index (χ1v) is 10.1. The summed E-state index contributed by atoms with van der Waals surface area (Å²) in [5.74, 6) is 0.181. The summed E-state index contributed by atoms with van der Waals surface area (Å²) in [5.41, 5.74) is 0.410. The van der Waals surface area contributed by atoms with E-state index in [0.29, 0.717) is 35.7 Å². The summed E-state index contributed by atoms with van der Waals surface area (Å²) >= 11 is 0. The molecule has 1 N–H and O–H groups in total. The van der Waals surface area contributed by atoms with Gasteiger partial charge in [-0.2, -0.15) is 0 Å². The Labute approximate surface area is 181 Å². The highest BCUT2D eigenvalue weighted by atomic mass is 16.5. The van der Waals surface area contributed by atoms with Crippen molar-refractivity contribution in [2.45, 2.75) is 25.2 Å². The number of rotatable bonds is 9. The molecule has 0 bridgehead atoms. The van der Waals surface area contributed by atoms with Gasteiger partial charge in [-0.05, 0) is 55.7 Å². The molecule has 164 valence electrons. The molecule has 0 aromatic heterocycles. The van der Waals surface area contributed by atoms with Crippen LogP contribution in [0.5, 0.6) is 17.2 Å². The Bertz CT molecular complexity index is 1000. The molecule has 1 aliphatic rings. The third-order valence-electron chi connectivity index (χ3n) is 5.49. The SMILES string of the molecule is C=CCC1(C(=O)OCC)C(=O)N(CCc2ccc(OC)c(OC)c2)c2ccc(O)cc21. The van der Waals surface area contributed by atoms with Crippen molar-refractivity contribution in [1.82, 2.24) is 0 Å². The van der Waals surface area contributed by atoms with E-state index in [-0.39, 0.29) is 24.7 Å². The Balaban J connectivity index is 1.98. The third-order valence-corrected chi connectivity index (χ3v) is 5.49. The van der Waals surface area contributed by atoms with Gasteiger partial charge in [0.05, 0.1) is 20.8 Å². The zero-order valence-electron chi connectivity index (χ0n) is 18.0. The smallest absolute Gasteiger partial charge is 0.326 e. The molecule has 7 heteroatoms. The first-order chi connectivity index (χ1) is 14.9. The minimum Gasteiger partial charge on any atom is -0.508 e. The zero-order chi connectivity index (χ0) is 22.6. The summed E-state index contributed by atoms with van der Waals surface area (Å²) in [7, 11) is 3.14. The normalized spacial score (nSPS) is 17.3. The van der Waals surface area contributed by atoms with Gasteiger partial charge in [0.25, 0.3) is 0 Å². The van der Waals surface area contributed by atoms with Crippen molar-refractivity contribution < 1.29 is 28.9 Å². The van der Waals surface area contributed by atoms with E-state index in [1.807, 2.05) is 18.2 Å². The summed E-state index contributed by atoms with van der Waals surface area (Å²) in [5, 5.41) is 10.1. The van der Waals surface area contributed by atoms with Crippen LogP contribution in [0.2, 0.25) is 0 Å². The molecule has 0 aliphatic carbocycles. The summed E-state index contributed by atoms with van der Waals surface area (Å²) in [6.07, 6.45) is 2.13. The van der Waals surface area contributed by atoms with Crippen LogP contribution in [0.3, 0.4) is 0 Å². The lowest BCUT2D eigenvalue weighted by Gasteiger charge is -2.25. The van der Waals surface area contributed by atoms with Crippen molar-refractivity contribution in [3.8, 4) is 17.2 Å². The van der Waals surface area contributed by atoms with Crippen LogP contribution < -0.4 is 14.4 Å². The van der Waals surface area contributed by atoms with Gasteiger partial charge in [-0.1, -0.05) is 12.1 Å². The maximum Gasteiger partial charge on any atom is 0.326 e. The number of fused-ring (bicyclic) bond motifs is 1. The number of carbonyl (C=O) groups is 2. The summed E-state index contributed by atoms with van der Waals surface area (Å²) in [6.45, 7) is 5.90. The number of amides is 1. The van der Waals surface area contributed by atoms with Gasteiger partial charge < -0.3 is 24.2 Å². The highest BCUT2D eigenvalue weighted by molar-refractivity contribution is 6.20. The molecule has 1 atom stereocenters. The summed E-state index contributed by atoms with van der Waals surface area (Å²) < 4.78 is 15.9. The van der Waals surface area contributed by atoms with Gasteiger partial charge in [0, 0.05) is 17.8 Å².